The first-order valence-corrected chi connectivity index (χ1v) is 7.89. The number of nitrogens with one attached hydrogen (secondary N) is 2. The third-order valence-corrected chi connectivity index (χ3v) is 3.85. The lowest BCUT2D eigenvalue weighted by atomic mass is 9.79. The molecule has 0 spiro atoms. The van der Waals surface area contributed by atoms with E-state index in [4.69, 9.17) is 19.5 Å². The van der Waals surface area contributed by atoms with Crippen LogP contribution in [0.4, 0.5) is 0 Å². The molecule has 2 N–H and O–H groups in total. The Morgan fingerprint density at radius 3 is 2.17 bits per heavy atom. The normalized spacial score (nSPS) is 20.3. The molecule has 0 aliphatic carbocycles. The van der Waals surface area contributed by atoms with Gasteiger partial charge in [0.2, 0.25) is 0 Å². The van der Waals surface area contributed by atoms with Gasteiger partial charge in [0.15, 0.2) is 0 Å². The number of hydrogen-bond acceptors (Lipinski definition) is 6. The fourth-order valence-corrected chi connectivity index (χ4v) is 1.91. The van der Waals surface area contributed by atoms with Gasteiger partial charge in [0.05, 0.1) is 17.6 Å². The summed E-state index contributed by atoms with van der Waals surface area (Å²) >= 11 is 0. The van der Waals surface area contributed by atoms with Gasteiger partial charge in [0, 0.05) is 18.2 Å². The van der Waals surface area contributed by atoms with Crippen molar-refractivity contribution in [3.63, 3.8) is 0 Å². The number of allylic oxidation sites excluding steroid dienone is 1. The Labute approximate surface area is 139 Å². The van der Waals surface area contributed by atoms with Gasteiger partial charge < -0.3 is 24.8 Å². The van der Waals surface area contributed by atoms with Crippen molar-refractivity contribution in [2.24, 2.45) is 0 Å². The first kappa shape index (κ1) is 19.7. The minimum Gasteiger partial charge on any atom is -0.460 e. The predicted octanol–water partition coefficient (Wildman–Crippen LogP) is 2.47. The number of hydrogen-bond donors (Lipinski definition) is 2. The van der Waals surface area contributed by atoms with Crippen LogP contribution in [0.25, 0.3) is 0 Å². The molecule has 130 valence electrons. The molecule has 0 amide bonds. The minimum absolute atomic E-state index is 0.252. The van der Waals surface area contributed by atoms with Crippen LogP contribution >= 0.6 is 0 Å². The SMILES string of the molecule is CC(C)(C)OC(=O)CCN/C=C(\C=N)B1OC(C)(C)C(C)(C)O1. The Bertz CT molecular complexity index is 465. The maximum atomic E-state index is 11.6. The molecule has 0 unspecified atom stereocenters. The van der Waals surface area contributed by atoms with Gasteiger partial charge in [0.1, 0.15) is 5.60 Å². The van der Waals surface area contributed by atoms with Gasteiger partial charge in [0.25, 0.3) is 0 Å². The lowest BCUT2D eigenvalue weighted by molar-refractivity contribution is -0.154. The highest BCUT2D eigenvalue weighted by molar-refractivity contribution is 6.60. The highest BCUT2D eigenvalue weighted by Gasteiger charge is 2.52. The molecule has 1 aliphatic heterocycles. The Kier molecular flexibility index (Phi) is 6.04. The maximum absolute atomic E-state index is 11.6. The molecule has 1 aliphatic rings. The largest absolute Gasteiger partial charge is 0.497 e. The van der Waals surface area contributed by atoms with E-state index in [2.05, 4.69) is 5.32 Å². The monoisotopic (exact) mass is 324 g/mol. The van der Waals surface area contributed by atoms with Gasteiger partial charge in [-0.1, -0.05) is 0 Å². The Morgan fingerprint density at radius 2 is 1.74 bits per heavy atom. The molecular formula is C16H29BN2O4. The summed E-state index contributed by atoms with van der Waals surface area (Å²) in [6.07, 6.45) is 3.10. The minimum atomic E-state index is -0.591. The van der Waals surface area contributed by atoms with Crippen LogP contribution in [0.15, 0.2) is 11.7 Å². The van der Waals surface area contributed by atoms with E-state index in [1.54, 1.807) is 6.20 Å². The smallest absolute Gasteiger partial charge is 0.460 e. The zero-order chi connectivity index (χ0) is 17.9. The molecule has 1 heterocycles. The highest BCUT2D eigenvalue weighted by Crippen LogP contribution is 2.38. The average Bonchev–Trinajstić information content (AvgIpc) is 2.56. The van der Waals surface area contributed by atoms with Crippen molar-refractivity contribution in [3.8, 4) is 0 Å². The van der Waals surface area contributed by atoms with Crippen LogP contribution in [0, 0.1) is 5.41 Å². The molecule has 0 aromatic carbocycles. The van der Waals surface area contributed by atoms with E-state index in [0.717, 1.165) is 0 Å². The van der Waals surface area contributed by atoms with Crippen molar-refractivity contribution in [1.82, 2.24) is 5.32 Å². The number of carbonyl (C=O) groups is 1. The molecule has 0 radical (unpaired) electrons. The van der Waals surface area contributed by atoms with Gasteiger partial charge in [-0.05, 0) is 54.7 Å². The second kappa shape index (κ2) is 7.05. The van der Waals surface area contributed by atoms with Crippen molar-refractivity contribution >= 4 is 19.3 Å². The molecule has 1 rings (SSSR count). The summed E-state index contributed by atoms with van der Waals surface area (Å²) in [6, 6.07) is 0. The Morgan fingerprint density at radius 1 is 1.22 bits per heavy atom. The van der Waals surface area contributed by atoms with E-state index >= 15 is 0 Å². The van der Waals surface area contributed by atoms with Crippen molar-refractivity contribution in [1.29, 1.82) is 5.41 Å². The van der Waals surface area contributed by atoms with Crippen LogP contribution in [0.2, 0.25) is 0 Å². The van der Waals surface area contributed by atoms with Gasteiger partial charge >= 0.3 is 13.1 Å². The standard InChI is InChI=1S/C16H29BN2O4/c1-14(2,3)21-13(20)8-9-19-11-12(10-18)17-22-15(4,5)16(6,7)23-17/h10-11,18-19H,8-9H2,1-7H3/b12-11+,18-10?. The van der Waals surface area contributed by atoms with E-state index in [0.29, 0.717) is 12.0 Å². The number of carbonyl (C=O) groups excluding carboxylic acids is 1. The lowest BCUT2D eigenvalue weighted by Gasteiger charge is -2.32. The third-order valence-electron chi connectivity index (χ3n) is 3.85. The molecule has 1 saturated heterocycles. The lowest BCUT2D eigenvalue weighted by Crippen LogP contribution is -2.41. The molecular weight excluding hydrogens is 295 g/mol. The van der Waals surface area contributed by atoms with Crippen LogP contribution in [-0.2, 0) is 18.8 Å². The summed E-state index contributed by atoms with van der Waals surface area (Å²) in [5.41, 5.74) is -0.796. The predicted molar refractivity (Wildman–Crippen MR) is 91.4 cm³/mol. The van der Waals surface area contributed by atoms with E-state index < -0.39 is 23.9 Å². The molecule has 0 saturated carbocycles. The first-order chi connectivity index (χ1) is 10.4. The number of ether oxygens (including phenoxy) is 1. The summed E-state index contributed by atoms with van der Waals surface area (Å²) in [6.45, 7) is 13.8. The molecule has 7 heteroatoms. The Balaban J connectivity index is 2.52. The summed E-state index contributed by atoms with van der Waals surface area (Å²) in [5.74, 6) is -0.259. The Hall–Kier alpha value is -1.34. The zero-order valence-electron chi connectivity index (χ0n) is 15.3. The van der Waals surface area contributed by atoms with Crippen LogP contribution in [0.3, 0.4) is 0 Å². The maximum Gasteiger partial charge on any atom is 0.497 e. The van der Waals surface area contributed by atoms with Gasteiger partial charge in [-0.2, -0.15) is 0 Å². The summed E-state index contributed by atoms with van der Waals surface area (Å²) in [4.78, 5) is 11.6. The topological polar surface area (TPSA) is 80.6 Å². The van der Waals surface area contributed by atoms with Crippen LogP contribution < -0.4 is 5.32 Å². The molecule has 0 aromatic heterocycles. The van der Waals surface area contributed by atoms with Crippen molar-refractivity contribution in [2.45, 2.75) is 71.7 Å². The quantitative estimate of drug-likeness (QED) is 0.339. The van der Waals surface area contributed by atoms with Gasteiger partial charge in [-0.3, -0.25) is 4.79 Å². The van der Waals surface area contributed by atoms with E-state index in [1.165, 1.54) is 6.21 Å². The summed E-state index contributed by atoms with van der Waals surface area (Å²) < 4.78 is 17.0. The number of esters is 1. The molecule has 0 aromatic rings. The third kappa shape index (κ3) is 5.66. The van der Waals surface area contributed by atoms with Crippen molar-refractivity contribution in [2.75, 3.05) is 6.54 Å². The van der Waals surface area contributed by atoms with Gasteiger partial charge in [-0.15, -0.1) is 0 Å². The second-order valence-corrected chi connectivity index (χ2v) is 7.67. The van der Waals surface area contributed by atoms with Crippen LogP contribution in [0.5, 0.6) is 0 Å². The van der Waals surface area contributed by atoms with Crippen LogP contribution in [0.1, 0.15) is 54.9 Å². The van der Waals surface area contributed by atoms with E-state index in [9.17, 15) is 4.79 Å². The first-order valence-electron chi connectivity index (χ1n) is 7.89. The highest BCUT2D eigenvalue weighted by atomic mass is 16.7. The second-order valence-electron chi connectivity index (χ2n) is 7.67. The van der Waals surface area contributed by atoms with Crippen LogP contribution in [-0.4, -0.2) is 42.7 Å². The summed E-state index contributed by atoms with van der Waals surface area (Å²) in [5, 5.41) is 10.5. The molecule has 0 atom stereocenters. The molecule has 1 fully saturated rings. The molecule has 23 heavy (non-hydrogen) atoms. The fraction of sp³-hybridized carbons (Fsp3) is 0.750. The summed E-state index contributed by atoms with van der Waals surface area (Å²) in [7, 11) is -0.591. The number of rotatable bonds is 6. The fourth-order valence-electron chi connectivity index (χ4n) is 1.91. The average molecular weight is 324 g/mol. The van der Waals surface area contributed by atoms with Gasteiger partial charge in [-0.25, -0.2) is 0 Å². The zero-order valence-corrected chi connectivity index (χ0v) is 15.3. The van der Waals surface area contributed by atoms with E-state index in [-0.39, 0.29) is 12.4 Å². The molecule has 0 bridgehead atoms. The van der Waals surface area contributed by atoms with Crippen molar-refractivity contribution in [3.05, 3.63) is 11.7 Å². The van der Waals surface area contributed by atoms with E-state index in [1.807, 2.05) is 48.5 Å². The van der Waals surface area contributed by atoms with Crippen molar-refractivity contribution < 1.29 is 18.8 Å². The molecule has 6 nitrogen and oxygen atoms in total.